The topological polar surface area (TPSA) is 128 Å². The van der Waals surface area contributed by atoms with Crippen molar-refractivity contribution in [3.05, 3.63) is 47.2 Å². The van der Waals surface area contributed by atoms with Gasteiger partial charge in [0.15, 0.2) is 5.69 Å². The summed E-state index contributed by atoms with van der Waals surface area (Å²) in [5.41, 5.74) is 2.02. The molecule has 0 aromatic carbocycles. The lowest BCUT2D eigenvalue weighted by Crippen LogP contribution is -2.49. The number of pyridine rings is 2. The van der Waals surface area contributed by atoms with E-state index in [9.17, 15) is 31.9 Å². The van der Waals surface area contributed by atoms with Crippen LogP contribution in [0.5, 0.6) is 0 Å². The molecule has 2 aromatic rings. The summed E-state index contributed by atoms with van der Waals surface area (Å²) in [5.74, 6) is -2.63. The van der Waals surface area contributed by atoms with Gasteiger partial charge in [-0.15, -0.1) is 0 Å². The Labute approximate surface area is 210 Å². The van der Waals surface area contributed by atoms with Gasteiger partial charge in [-0.2, -0.15) is 13.2 Å². The van der Waals surface area contributed by atoms with Gasteiger partial charge in [-0.3, -0.25) is 24.5 Å². The molecule has 9 nitrogen and oxygen atoms in total. The van der Waals surface area contributed by atoms with Gasteiger partial charge in [-0.25, -0.2) is 9.18 Å². The highest BCUT2D eigenvalue weighted by Crippen LogP contribution is 2.32. The van der Waals surface area contributed by atoms with E-state index in [2.05, 4.69) is 15.3 Å². The number of primary amides is 1. The molecule has 0 saturated carbocycles. The van der Waals surface area contributed by atoms with Crippen LogP contribution in [-0.4, -0.2) is 50.5 Å². The Kier molecular flexibility index (Phi) is 7.75. The number of halogens is 4. The van der Waals surface area contributed by atoms with Crippen LogP contribution in [-0.2, 0) is 22.3 Å². The second-order valence-corrected chi connectivity index (χ2v) is 9.69. The van der Waals surface area contributed by atoms with E-state index < -0.39 is 52.8 Å². The summed E-state index contributed by atoms with van der Waals surface area (Å²) in [7, 11) is 0. The van der Waals surface area contributed by atoms with Crippen LogP contribution in [0.3, 0.4) is 0 Å². The monoisotopic (exact) mass is 525 g/mol. The number of nitrogens with zero attached hydrogens (tertiary/aromatic N) is 3. The molecule has 3 heterocycles. The molecular formula is C24H27F4N5O4. The first-order valence-corrected chi connectivity index (χ1v) is 11.4. The van der Waals surface area contributed by atoms with Crippen LogP contribution in [0.1, 0.15) is 62.2 Å². The maximum absolute atomic E-state index is 14.5. The zero-order chi connectivity index (χ0) is 27.7. The molecule has 0 bridgehead atoms. The third-order valence-corrected chi connectivity index (χ3v) is 5.68. The van der Waals surface area contributed by atoms with Gasteiger partial charge in [0, 0.05) is 29.9 Å². The number of nitrogens with two attached hydrogens (primary N) is 1. The second kappa shape index (κ2) is 10.3. The molecule has 3 amide bonds. The molecule has 2 aromatic heterocycles. The SMILES string of the molecule is C[C@H]1CC[C@@H](C(=O)NCc2cc(-c3cnc(C(F)(F)F)c(C(N)=O)c3)ncc2F)N1C(=O)OC(C)(C)C. The average Bonchev–Trinajstić information content (AvgIpc) is 3.17. The lowest BCUT2D eigenvalue weighted by molar-refractivity contribution is -0.141. The zero-order valence-corrected chi connectivity index (χ0v) is 20.6. The van der Waals surface area contributed by atoms with Crippen molar-refractivity contribution in [2.45, 2.75) is 70.9 Å². The van der Waals surface area contributed by atoms with E-state index in [0.29, 0.717) is 12.8 Å². The highest BCUT2D eigenvalue weighted by Gasteiger charge is 2.41. The van der Waals surface area contributed by atoms with Crippen molar-refractivity contribution < 1.29 is 36.7 Å². The van der Waals surface area contributed by atoms with Gasteiger partial charge in [0.05, 0.1) is 17.5 Å². The van der Waals surface area contributed by atoms with Crippen LogP contribution < -0.4 is 11.1 Å². The molecule has 0 radical (unpaired) electrons. The smallest absolute Gasteiger partial charge is 0.434 e. The van der Waals surface area contributed by atoms with E-state index in [-0.39, 0.29) is 29.4 Å². The normalized spacial score (nSPS) is 18.0. The summed E-state index contributed by atoms with van der Waals surface area (Å²) < 4.78 is 59.3. The largest absolute Gasteiger partial charge is 0.444 e. The summed E-state index contributed by atoms with van der Waals surface area (Å²) in [6, 6.07) is 1.04. The molecular weight excluding hydrogens is 498 g/mol. The molecule has 3 N–H and O–H groups in total. The van der Waals surface area contributed by atoms with Crippen LogP contribution in [0.25, 0.3) is 11.3 Å². The number of alkyl halides is 3. The number of carbonyl (C=O) groups is 3. The minimum absolute atomic E-state index is 0.00454. The minimum atomic E-state index is -4.90. The van der Waals surface area contributed by atoms with Gasteiger partial charge in [0.1, 0.15) is 17.5 Å². The Morgan fingerprint density at radius 3 is 2.41 bits per heavy atom. The second-order valence-electron chi connectivity index (χ2n) is 9.69. The lowest BCUT2D eigenvalue weighted by Gasteiger charge is -2.30. The highest BCUT2D eigenvalue weighted by atomic mass is 19.4. The molecule has 1 aliphatic rings. The van der Waals surface area contributed by atoms with Crippen LogP contribution in [0.15, 0.2) is 24.5 Å². The van der Waals surface area contributed by atoms with Gasteiger partial charge in [0.25, 0.3) is 5.91 Å². The molecule has 13 heteroatoms. The summed E-state index contributed by atoms with van der Waals surface area (Å²) >= 11 is 0. The van der Waals surface area contributed by atoms with Crippen LogP contribution >= 0.6 is 0 Å². The van der Waals surface area contributed by atoms with Crippen molar-refractivity contribution >= 4 is 17.9 Å². The van der Waals surface area contributed by atoms with Crippen LogP contribution in [0.2, 0.25) is 0 Å². The Bertz CT molecular complexity index is 1210. The van der Waals surface area contributed by atoms with Gasteiger partial charge < -0.3 is 15.8 Å². The molecule has 0 unspecified atom stereocenters. The van der Waals surface area contributed by atoms with E-state index in [4.69, 9.17) is 10.5 Å². The number of aromatic nitrogens is 2. The quantitative estimate of drug-likeness (QED) is 0.572. The molecule has 2 atom stereocenters. The molecule has 3 rings (SSSR count). The van der Waals surface area contributed by atoms with Crippen molar-refractivity contribution in [3.8, 4) is 11.3 Å². The third-order valence-electron chi connectivity index (χ3n) is 5.68. The van der Waals surface area contributed by atoms with E-state index in [1.54, 1.807) is 27.7 Å². The van der Waals surface area contributed by atoms with E-state index in [1.165, 1.54) is 11.0 Å². The molecule has 37 heavy (non-hydrogen) atoms. The maximum Gasteiger partial charge on any atom is 0.434 e. The number of ether oxygens (including phenoxy) is 1. The maximum atomic E-state index is 14.5. The highest BCUT2D eigenvalue weighted by molar-refractivity contribution is 5.95. The lowest BCUT2D eigenvalue weighted by atomic mass is 10.1. The fraction of sp³-hybridized carbons (Fsp3) is 0.458. The van der Waals surface area contributed by atoms with Crippen molar-refractivity contribution in [1.82, 2.24) is 20.2 Å². The van der Waals surface area contributed by atoms with Crippen LogP contribution in [0.4, 0.5) is 22.4 Å². The summed E-state index contributed by atoms with van der Waals surface area (Å²) in [6.07, 6.45) is -2.88. The van der Waals surface area contributed by atoms with Crippen LogP contribution in [0, 0.1) is 5.82 Å². The first-order chi connectivity index (χ1) is 17.1. The van der Waals surface area contributed by atoms with E-state index >= 15 is 0 Å². The van der Waals surface area contributed by atoms with E-state index in [0.717, 1.165) is 18.5 Å². The number of hydrogen-bond acceptors (Lipinski definition) is 6. The number of hydrogen-bond donors (Lipinski definition) is 2. The Morgan fingerprint density at radius 1 is 1.14 bits per heavy atom. The van der Waals surface area contributed by atoms with Crippen molar-refractivity contribution in [1.29, 1.82) is 0 Å². The summed E-state index contributed by atoms with van der Waals surface area (Å²) in [5, 5.41) is 2.59. The van der Waals surface area contributed by atoms with Gasteiger partial charge in [-0.1, -0.05) is 0 Å². The summed E-state index contributed by atoms with van der Waals surface area (Å²) in [6.45, 7) is 6.64. The first kappa shape index (κ1) is 27.8. The minimum Gasteiger partial charge on any atom is -0.444 e. The predicted molar refractivity (Wildman–Crippen MR) is 123 cm³/mol. The van der Waals surface area contributed by atoms with Crippen molar-refractivity contribution in [3.63, 3.8) is 0 Å². The Balaban J connectivity index is 1.80. The summed E-state index contributed by atoms with van der Waals surface area (Å²) in [4.78, 5) is 45.6. The fourth-order valence-corrected chi connectivity index (χ4v) is 3.96. The number of carbonyl (C=O) groups excluding carboxylic acids is 3. The third kappa shape index (κ3) is 6.52. The first-order valence-electron chi connectivity index (χ1n) is 11.4. The number of rotatable bonds is 5. The predicted octanol–water partition coefficient (Wildman–Crippen LogP) is 3.80. The number of nitrogens with one attached hydrogen (secondary N) is 1. The van der Waals surface area contributed by atoms with Crippen molar-refractivity contribution in [2.24, 2.45) is 5.73 Å². The average molecular weight is 526 g/mol. The van der Waals surface area contributed by atoms with Crippen molar-refractivity contribution in [2.75, 3.05) is 0 Å². The molecule has 200 valence electrons. The molecule has 1 saturated heterocycles. The zero-order valence-electron chi connectivity index (χ0n) is 20.6. The molecule has 0 spiro atoms. The molecule has 1 fully saturated rings. The Hall–Kier alpha value is -3.77. The van der Waals surface area contributed by atoms with Gasteiger partial charge in [-0.05, 0) is 52.7 Å². The molecule has 0 aliphatic carbocycles. The number of amides is 3. The molecule has 1 aliphatic heterocycles. The van der Waals surface area contributed by atoms with Gasteiger partial charge in [0.2, 0.25) is 5.91 Å². The standard InChI is InChI=1S/C24H27F4N5O4/c1-12-5-6-18(33(12)22(36)37-23(2,3)4)21(35)32-9-13-8-17(30-11-16(13)25)14-7-15(20(29)34)19(31-10-14)24(26,27)28/h7-8,10-12,18H,5-6,9H2,1-4H3,(H2,29,34)(H,32,35)/t12-,18-/m0/s1. The number of likely N-dealkylation sites (tertiary alicyclic amines) is 1. The van der Waals surface area contributed by atoms with E-state index in [1.807, 2.05) is 0 Å². The fourth-order valence-electron chi connectivity index (χ4n) is 3.96. The van der Waals surface area contributed by atoms with Gasteiger partial charge >= 0.3 is 12.3 Å². The Morgan fingerprint density at radius 2 is 1.81 bits per heavy atom.